The number of rotatable bonds is 5. The molecule has 2 amide bonds. The third-order valence-electron chi connectivity index (χ3n) is 3.96. The number of morpholine rings is 1. The Bertz CT molecular complexity index is 702. The van der Waals surface area contributed by atoms with Gasteiger partial charge >= 0.3 is 6.03 Å². The number of amides is 2. The summed E-state index contributed by atoms with van der Waals surface area (Å²) in [7, 11) is 0. The van der Waals surface area contributed by atoms with E-state index in [0.29, 0.717) is 26.3 Å². The number of nitrogens with one attached hydrogen (secondary N) is 2. The highest BCUT2D eigenvalue weighted by Crippen LogP contribution is 2.14. The second kappa shape index (κ2) is 8.43. The van der Waals surface area contributed by atoms with Crippen LogP contribution in [0.2, 0.25) is 0 Å². The number of hydrogen-bond acceptors (Lipinski definition) is 4. The number of hydrogen-bond donors (Lipinski definition) is 2. The Morgan fingerprint density at radius 2 is 1.76 bits per heavy atom. The molecule has 25 heavy (non-hydrogen) atoms. The van der Waals surface area contributed by atoms with E-state index in [1.807, 2.05) is 12.1 Å². The van der Waals surface area contributed by atoms with Gasteiger partial charge in [0, 0.05) is 32.4 Å². The van der Waals surface area contributed by atoms with E-state index in [1.54, 1.807) is 18.3 Å². The molecular formula is C18H21FN4O2. The highest BCUT2D eigenvalue weighted by molar-refractivity contribution is 5.73. The molecule has 1 aromatic heterocycles. The van der Waals surface area contributed by atoms with Crippen molar-refractivity contribution in [1.82, 2.24) is 15.6 Å². The van der Waals surface area contributed by atoms with E-state index < -0.39 is 0 Å². The van der Waals surface area contributed by atoms with Gasteiger partial charge in [0.05, 0.1) is 13.2 Å². The molecule has 7 heteroatoms. The minimum atomic E-state index is -0.290. The van der Waals surface area contributed by atoms with E-state index >= 15 is 0 Å². The van der Waals surface area contributed by atoms with E-state index in [1.165, 1.54) is 12.1 Å². The maximum atomic E-state index is 12.8. The molecule has 0 saturated carbocycles. The highest BCUT2D eigenvalue weighted by atomic mass is 19.1. The SMILES string of the molecule is O=C(NCc1ccc(F)cc1)NCc1ccnc(N2CCOCC2)c1. The molecule has 1 saturated heterocycles. The summed E-state index contributed by atoms with van der Waals surface area (Å²) < 4.78 is 18.2. The topological polar surface area (TPSA) is 66.5 Å². The lowest BCUT2D eigenvalue weighted by Crippen LogP contribution is -2.37. The molecule has 0 unspecified atom stereocenters. The standard InChI is InChI=1S/C18H21FN4O2/c19-16-3-1-14(2-4-16)12-21-18(24)22-13-15-5-6-20-17(11-15)23-7-9-25-10-8-23/h1-6,11H,7-10,12-13H2,(H2,21,22,24). The molecule has 1 aromatic carbocycles. The summed E-state index contributed by atoms with van der Waals surface area (Å²) >= 11 is 0. The number of ether oxygens (including phenoxy) is 1. The third kappa shape index (κ3) is 5.15. The monoisotopic (exact) mass is 344 g/mol. The van der Waals surface area contributed by atoms with Crippen LogP contribution in [-0.2, 0) is 17.8 Å². The second-order valence-electron chi connectivity index (χ2n) is 5.78. The number of nitrogens with zero attached hydrogens (tertiary/aromatic N) is 2. The molecule has 1 fully saturated rings. The molecule has 0 bridgehead atoms. The van der Waals surface area contributed by atoms with Crippen molar-refractivity contribution in [3.05, 3.63) is 59.5 Å². The van der Waals surface area contributed by atoms with Gasteiger partial charge in [0.15, 0.2) is 0 Å². The Balaban J connectivity index is 1.47. The molecule has 132 valence electrons. The van der Waals surface area contributed by atoms with Crippen molar-refractivity contribution in [3.63, 3.8) is 0 Å². The molecule has 0 atom stereocenters. The Hall–Kier alpha value is -2.67. The third-order valence-corrected chi connectivity index (χ3v) is 3.96. The van der Waals surface area contributed by atoms with Crippen molar-refractivity contribution >= 4 is 11.8 Å². The van der Waals surface area contributed by atoms with Gasteiger partial charge in [0.2, 0.25) is 0 Å². The quantitative estimate of drug-likeness (QED) is 0.871. The van der Waals surface area contributed by atoms with Gasteiger partial charge in [-0.1, -0.05) is 12.1 Å². The Morgan fingerprint density at radius 3 is 2.48 bits per heavy atom. The molecule has 3 rings (SSSR count). The number of pyridine rings is 1. The lowest BCUT2D eigenvalue weighted by atomic mass is 10.2. The van der Waals surface area contributed by atoms with Crippen molar-refractivity contribution in [1.29, 1.82) is 0 Å². The van der Waals surface area contributed by atoms with Crippen molar-refractivity contribution in [2.45, 2.75) is 13.1 Å². The van der Waals surface area contributed by atoms with Crippen LogP contribution < -0.4 is 15.5 Å². The largest absolute Gasteiger partial charge is 0.378 e. The summed E-state index contributed by atoms with van der Waals surface area (Å²) in [6.45, 7) is 3.81. The molecule has 0 aliphatic carbocycles. The van der Waals surface area contributed by atoms with Crippen molar-refractivity contribution < 1.29 is 13.9 Å². The molecule has 2 N–H and O–H groups in total. The van der Waals surface area contributed by atoms with Crippen LogP contribution in [-0.4, -0.2) is 37.3 Å². The number of benzene rings is 1. The van der Waals surface area contributed by atoms with Crippen LogP contribution in [0, 0.1) is 5.82 Å². The summed E-state index contributed by atoms with van der Waals surface area (Å²) in [5, 5.41) is 5.57. The maximum Gasteiger partial charge on any atom is 0.315 e. The molecule has 2 aromatic rings. The molecule has 1 aliphatic heterocycles. The lowest BCUT2D eigenvalue weighted by Gasteiger charge is -2.28. The van der Waals surface area contributed by atoms with Gasteiger partial charge in [-0.2, -0.15) is 0 Å². The van der Waals surface area contributed by atoms with Gasteiger partial charge < -0.3 is 20.3 Å². The van der Waals surface area contributed by atoms with E-state index in [9.17, 15) is 9.18 Å². The van der Waals surface area contributed by atoms with Crippen LogP contribution in [0.5, 0.6) is 0 Å². The van der Waals surface area contributed by atoms with E-state index in [0.717, 1.165) is 30.0 Å². The smallest absolute Gasteiger partial charge is 0.315 e. The molecule has 1 aliphatic rings. The Morgan fingerprint density at radius 1 is 1.08 bits per heavy atom. The molecule has 2 heterocycles. The highest BCUT2D eigenvalue weighted by Gasteiger charge is 2.12. The van der Waals surface area contributed by atoms with Gasteiger partial charge in [-0.15, -0.1) is 0 Å². The van der Waals surface area contributed by atoms with Gasteiger partial charge in [-0.05, 0) is 35.4 Å². The van der Waals surface area contributed by atoms with E-state index in [2.05, 4.69) is 20.5 Å². The predicted molar refractivity (Wildman–Crippen MR) is 92.7 cm³/mol. The molecule has 0 radical (unpaired) electrons. The molecule has 0 spiro atoms. The van der Waals surface area contributed by atoms with Crippen LogP contribution in [0.4, 0.5) is 15.0 Å². The van der Waals surface area contributed by atoms with Gasteiger partial charge in [0.25, 0.3) is 0 Å². The van der Waals surface area contributed by atoms with Crippen LogP contribution in [0.3, 0.4) is 0 Å². The number of carbonyl (C=O) groups is 1. The average Bonchev–Trinajstić information content (AvgIpc) is 2.67. The van der Waals surface area contributed by atoms with Crippen molar-refractivity contribution in [2.24, 2.45) is 0 Å². The van der Waals surface area contributed by atoms with Crippen LogP contribution in [0.25, 0.3) is 0 Å². The second-order valence-corrected chi connectivity index (χ2v) is 5.78. The number of carbonyl (C=O) groups excluding carboxylic acids is 1. The van der Waals surface area contributed by atoms with Crippen LogP contribution in [0.15, 0.2) is 42.6 Å². The zero-order valence-electron chi connectivity index (χ0n) is 13.9. The first-order valence-electron chi connectivity index (χ1n) is 8.24. The first kappa shape index (κ1) is 17.2. The zero-order chi connectivity index (χ0) is 17.5. The fourth-order valence-electron chi connectivity index (χ4n) is 2.57. The number of halogens is 1. The minimum Gasteiger partial charge on any atom is -0.378 e. The van der Waals surface area contributed by atoms with Crippen LogP contribution >= 0.6 is 0 Å². The summed E-state index contributed by atoms with van der Waals surface area (Å²) in [6.07, 6.45) is 1.75. The average molecular weight is 344 g/mol. The van der Waals surface area contributed by atoms with Crippen molar-refractivity contribution in [3.8, 4) is 0 Å². The molecular weight excluding hydrogens is 323 g/mol. The number of aromatic nitrogens is 1. The van der Waals surface area contributed by atoms with E-state index in [4.69, 9.17) is 4.74 Å². The fourth-order valence-corrected chi connectivity index (χ4v) is 2.57. The Labute approximate surface area is 146 Å². The fraction of sp³-hybridized carbons (Fsp3) is 0.333. The maximum absolute atomic E-state index is 12.8. The number of anilines is 1. The molecule has 6 nitrogen and oxygen atoms in total. The lowest BCUT2D eigenvalue weighted by molar-refractivity contribution is 0.122. The van der Waals surface area contributed by atoms with E-state index in [-0.39, 0.29) is 11.8 Å². The van der Waals surface area contributed by atoms with Crippen LogP contribution in [0.1, 0.15) is 11.1 Å². The summed E-state index contributed by atoms with van der Waals surface area (Å²) in [6, 6.07) is 9.63. The van der Waals surface area contributed by atoms with Gasteiger partial charge in [-0.25, -0.2) is 14.2 Å². The Kier molecular flexibility index (Phi) is 5.79. The zero-order valence-corrected chi connectivity index (χ0v) is 13.9. The summed E-state index contributed by atoms with van der Waals surface area (Å²) in [5.41, 5.74) is 1.82. The van der Waals surface area contributed by atoms with Crippen molar-refractivity contribution in [2.75, 3.05) is 31.2 Å². The first-order chi connectivity index (χ1) is 12.2. The number of urea groups is 1. The first-order valence-corrected chi connectivity index (χ1v) is 8.24. The normalized spacial score (nSPS) is 14.2. The summed E-state index contributed by atoms with van der Waals surface area (Å²) in [5.74, 6) is 0.608. The minimum absolute atomic E-state index is 0.269. The predicted octanol–water partition coefficient (Wildman–Crippen LogP) is 2.06. The summed E-state index contributed by atoms with van der Waals surface area (Å²) in [4.78, 5) is 18.5. The van der Waals surface area contributed by atoms with Gasteiger partial charge in [0.1, 0.15) is 11.6 Å². The van der Waals surface area contributed by atoms with Gasteiger partial charge in [-0.3, -0.25) is 0 Å².